The third-order valence-corrected chi connectivity index (χ3v) is 9.92. The first-order chi connectivity index (χ1) is 17.3. The fourth-order valence-electron chi connectivity index (χ4n) is 7.48. The molecule has 4 aliphatic carbocycles. The summed E-state index contributed by atoms with van der Waals surface area (Å²) < 4.78 is 0. The molecule has 0 spiro atoms. The predicted octanol–water partition coefficient (Wildman–Crippen LogP) is 5.50. The highest BCUT2D eigenvalue weighted by atomic mass is 32.2. The highest BCUT2D eigenvalue weighted by Crippen LogP contribution is 2.66. The molecule has 3 N–H and O–H groups in total. The number of carbonyl (C=O) groups is 2. The van der Waals surface area contributed by atoms with Gasteiger partial charge in [0.2, 0.25) is 0 Å². The zero-order valence-electron chi connectivity index (χ0n) is 21.2. The summed E-state index contributed by atoms with van der Waals surface area (Å²) in [5.74, 6) is 1.87. The van der Waals surface area contributed by atoms with Crippen LogP contribution in [0.5, 0.6) is 0 Å². The van der Waals surface area contributed by atoms with E-state index in [1.54, 1.807) is 6.21 Å². The van der Waals surface area contributed by atoms with Gasteiger partial charge in [0, 0.05) is 30.1 Å². The molecule has 192 valence electrons. The average Bonchev–Trinajstić information content (AvgIpc) is 3.14. The van der Waals surface area contributed by atoms with E-state index in [1.165, 1.54) is 22.3 Å². The van der Waals surface area contributed by atoms with Gasteiger partial charge >= 0.3 is 5.30 Å². The summed E-state index contributed by atoms with van der Waals surface area (Å²) in [7, 11) is 0. The monoisotopic (exact) mass is 508 g/mol. The maximum absolute atomic E-state index is 12.2. The van der Waals surface area contributed by atoms with Crippen LogP contribution in [0.25, 0.3) is 0 Å². The van der Waals surface area contributed by atoms with E-state index in [9.17, 15) is 14.7 Å². The van der Waals surface area contributed by atoms with E-state index in [2.05, 4.69) is 24.2 Å². The number of allylic oxidation sites excluding steroid dienone is 4. The van der Waals surface area contributed by atoms with E-state index < -0.39 is 10.9 Å². The highest BCUT2D eigenvalue weighted by molar-refractivity contribution is 8.13. The number of nitrogens with zero attached hydrogens (tertiary/aromatic N) is 1. The zero-order chi connectivity index (χ0) is 25.5. The van der Waals surface area contributed by atoms with Crippen molar-refractivity contribution in [3.8, 4) is 0 Å². The second-order valence-electron chi connectivity index (χ2n) is 10.9. The topological polar surface area (TPSA) is 102 Å². The van der Waals surface area contributed by atoms with Gasteiger partial charge in [-0.2, -0.15) is 0 Å². The predicted molar refractivity (Wildman–Crippen MR) is 143 cm³/mol. The lowest BCUT2D eigenvalue weighted by molar-refractivity contribution is -0.114. The second-order valence-corrected chi connectivity index (χ2v) is 12.1. The molecule has 7 heteroatoms. The van der Waals surface area contributed by atoms with Crippen LogP contribution in [0.3, 0.4) is 0 Å². The van der Waals surface area contributed by atoms with Crippen molar-refractivity contribution < 1.29 is 19.5 Å². The number of aliphatic hydroxyl groups is 1. The Kier molecular flexibility index (Phi) is 7.01. The Morgan fingerprint density at radius 2 is 2.03 bits per heavy atom. The number of fused-ring (bicyclic) bond motifs is 4. The van der Waals surface area contributed by atoms with Crippen LogP contribution < -0.4 is 5.73 Å². The summed E-state index contributed by atoms with van der Waals surface area (Å²) in [6.45, 7) is 4.43. The Labute approximate surface area is 217 Å². The number of rotatable bonds is 5. The largest absolute Gasteiger partial charge is 0.393 e. The third-order valence-electron chi connectivity index (χ3n) is 9.32. The molecule has 36 heavy (non-hydrogen) atoms. The minimum Gasteiger partial charge on any atom is -0.388 e. The molecule has 5 rings (SSSR count). The molecule has 0 amide bonds. The summed E-state index contributed by atoms with van der Waals surface area (Å²) in [6, 6.07) is 8.26. The van der Waals surface area contributed by atoms with Gasteiger partial charge < -0.3 is 15.7 Å². The molecule has 6 nitrogen and oxygen atoms in total. The number of ketones is 1. The van der Waals surface area contributed by atoms with Gasteiger partial charge in [-0.3, -0.25) is 4.79 Å². The van der Waals surface area contributed by atoms with Crippen LogP contribution in [-0.4, -0.2) is 40.3 Å². The maximum atomic E-state index is 12.2. The molecule has 1 aromatic carbocycles. The number of oxime groups is 1. The molecule has 2 saturated carbocycles. The van der Waals surface area contributed by atoms with E-state index in [1.807, 2.05) is 25.1 Å². The summed E-state index contributed by atoms with van der Waals surface area (Å²) in [5.41, 5.74) is 11.3. The van der Waals surface area contributed by atoms with Gasteiger partial charge in [0.05, 0.1) is 11.8 Å². The Morgan fingerprint density at radius 1 is 1.25 bits per heavy atom. The molecule has 0 saturated heterocycles. The van der Waals surface area contributed by atoms with Crippen molar-refractivity contribution in [3.05, 3.63) is 58.2 Å². The fraction of sp³-hybridized carbons (Fsp3) is 0.552. The van der Waals surface area contributed by atoms with Crippen LogP contribution in [0, 0.1) is 17.3 Å². The third kappa shape index (κ3) is 4.29. The van der Waals surface area contributed by atoms with E-state index in [-0.39, 0.29) is 23.7 Å². The summed E-state index contributed by atoms with van der Waals surface area (Å²) in [6.07, 6.45) is 9.42. The average molecular weight is 509 g/mol. The lowest BCUT2D eigenvalue weighted by Gasteiger charge is -2.54. The molecule has 4 aliphatic rings. The number of nitrogens with two attached hydrogens (primary N) is 1. The number of carbonyl (C=O) groups excluding carboxylic acids is 2. The van der Waals surface area contributed by atoms with Crippen LogP contribution in [0.4, 0.5) is 4.79 Å². The molecule has 0 aliphatic heterocycles. The lowest BCUT2D eigenvalue weighted by Crippen LogP contribution is -2.55. The quantitative estimate of drug-likeness (QED) is 0.309. The smallest absolute Gasteiger partial charge is 0.388 e. The van der Waals surface area contributed by atoms with E-state index in [0.29, 0.717) is 24.0 Å². The first-order valence-corrected chi connectivity index (χ1v) is 14.1. The van der Waals surface area contributed by atoms with Crippen molar-refractivity contribution in [1.82, 2.24) is 0 Å². The lowest BCUT2D eigenvalue weighted by atomic mass is 9.51. The van der Waals surface area contributed by atoms with Crippen LogP contribution >= 0.6 is 11.8 Å². The second kappa shape index (κ2) is 9.92. The maximum Gasteiger partial charge on any atom is 0.393 e. The fourth-order valence-corrected chi connectivity index (χ4v) is 7.81. The normalized spacial score (nSPS) is 33.7. The Balaban J connectivity index is 1.51. The minimum absolute atomic E-state index is 0.170. The molecule has 0 heterocycles. The van der Waals surface area contributed by atoms with Gasteiger partial charge in [-0.25, -0.2) is 4.79 Å². The van der Waals surface area contributed by atoms with Crippen molar-refractivity contribution >= 4 is 29.1 Å². The number of hydrogen-bond acceptors (Lipinski definition) is 7. The van der Waals surface area contributed by atoms with Crippen molar-refractivity contribution in [1.29, 1.82) is 0 Å². The SMILES string of the molecule is CCSC(=O)O/N=C/c1ccc([C@H]2C[C@@]3(C)[C@@H](CC[C@@]3(O)CN)[C@@H]3CCC4=CC(=O)CCC4=C32)cc1. The van der Waals surface area contributed by atoms with E-state index in [0.717, 1.165) is 55.9 Å². The summed E-state index contributed by atoms with van der Waals surface area (Å²) in [5, 5.41) is 15.1. The molecule has 1 aromatic rings. The first-order valence-electron chi connectivity index (χ1n) is 13.2. The molecule has 2 fully saturated rings. The van der Waals surface area contributed by atoms with Crippen LogP contribution in [-0.2, 0) is 9.63 Å². The van der Waals surface area contributed by atoms with Crippen LogP contribution in [0.15, 0.2) is 52.2 Å². The molecular formula is C29H36N2O4S. The van der Waals surface area contributed by atoms with Crippen LogP contribution in [0.2, 0.25) is 0 Å². The van der Waals surface area contributed by atoms with Crippen LogP contribution in [0.1, 0.15) is 75.8 Å². The molecule has 0 aromatic heterocycles. The number of thioether (sulfide) groups is 1. The van der Waals surface area contributed by atoms with Crippen molar-refractivity contribution in [2.24, 2.45) is 28.1 Å². The minimum atomic E-state index is -0.849. The van der Waals surface area contributed by atoms with Gasteiger partial charge in [-0.1, -0.05) is 48.8 Å². The molecule has 0 radical (unpaired) electrons. The van der Waals surface area contributed by atoms with E-state index >= 15 is 0 Å². The van der Waals surface area contributed by atoms with Crippen molar-refractivity contribution in [3.63, 3.8) is 0 Å². The standard InChI is InChI=1S/C29H36N2O4S/c1-3-36-27(33)35-31-16-18-4-6-19(7-5-18)24-15-28(2)25(12-13-29(28,34)17-30)23-10-8-20-14-21(32)9-11-22(20)26(23)24/h4-7,14,16,23-25,34H,3,8-13,15,17,30H2,1-2H3/b31-16+/t23-,24+,25-,28-,29+/m0/s1. The number of benzene rings is 1. The van der Waals surface area contributed by atoms with E-state index in [4.69, 9.17) is 10.6 Å². The van der Waals surface area contributed by atoms with Gasteiger partial charge in [0.1, 0.15) is 0 Å². The molecule has 0 unspecified atom stereocenters. The number of hydrogen-bond donors (Lipinski definition) is 2. The first kappa shape index (κ1) is 25.4. The molecule has 5 atom stereocenters. The van der Waals surface area contributed by atoms with Crippen molar-refractivity contribution in [2.45, 2.75) is 70.3 Å². The molecular weight excluding hydrogens is 472 g/mol. The summed E-state index contributed by atoms with van der Waals surface area (Å²) >= 11 is 1.08. The summed E-state index contributed by atoms with van der Waals surface area (Å²) in [4.78, 5) is 28.6. The van der Waals surface area contributed by atoms with Gasteiger partial charge in [0.25, 0.3) is 0 Å². The van der Waals surface area contributed by atoms with Crippen molar-refractivity contribution in [2.75, 3.05) is 12.3 Å². The molecule has 0 bridgehead atoms. The van der Waals surface area contributed by atoms with Gasteiger partial charge in [-0.15, -0.1) is 0 Å². The zero-order valence-corrected chi connectivity index (χ0v) is 22.0. The van der Waals surface area contributed by atoms with Gasteiger partial charge in [-0.05, 0) is 90.5 Å². The van der Waals surface area contributed by atoms with Gasteiger partial charge in [0.15, 0.2) is 5.78 Å². The Hall–Kier alpha value is -2.22. The Morgan fingerprint density at radius 3 is 2.75 bits per heavy atom. The Bertz CT molecular complexity index is 1140. The highest BCUT2D eigenvalue weighted by Gasteiger charge is 2.62.